The first kappa shape index (κ1) is 13.8. The topological polar surface area (TPSA) is 35.5 Å². The van der Waals surface area contributed by atoms with Gasteiger partial charge in [-0.2, -0.15) is 0 Å². The van der Waals surface area contributed by atoms with Crippen LogP contribution in [-0.2, 0) is 19.9 Å². The van der Waals surface area contributed by atoms with E-state index >= 15 is 0 Å². The zero-order valence-corrected chi connectivity index (χ0v) is 12.0. The van der Waals surface area contributed by atoms with Crippen molar-refractivity contribution in [1.29, 1.82) is 0 Å². The molecule has 1 heterocycles. The van der Waals surface area contributed by atoms with E-state index in [0.29, 0.717) is 12.8 Å². The van der Waals surface area contributed by atoms with Crippen molar-refractivity contribution in [2.75, 3.05) is 7.11 Å². The molecule has 1 atom stereocenters. The van der Waals surface area contributed by atoms with Gasteiger partial charge in [0.15, 0.2) is 5.60 Å². The molecule has 0 radical (unpaired) electrons. The van der Waals surface area contributed by atoms with Gasteiger partial charge in [-0.3, -0.25) is 4.79 Å². The third-order valence-corrected chi connectivity index (χ3v) is 4.01. The highest BCUT2D eigenvalue weighted by molar-refractivity contribution is 5.72. The van der Waals surface area contributed by atoms with Gasteiger partial charge in [-0.05, 0) is 0 Å². The van der Waals surface area contributed by atoms with E-state index in [0.717, 1.165) is 11.1 Å². The zero-order valence-electron chi connectivity index (χ0n) is 12.0. The Labute approximate surface area is 124 Å². The van der Waals surface area contributed by atoms with Crippen molar-refractivity contribution in [3.63, 3.8) is 0 Å². The van der Waals surface area contributed by atoms with Gasteiger partial charge < -0.3 is 9.47 Å². The first-order valence-corrected chi connectivity index (χ1v) is 7.10. The number of carbonyl (C=O) groups excluding carboxylic acids is 1. The Bertz CT molecular complexity index is 567. The van der Waals surface area contributed by atoms with Gasteiger partial charge in [0.05, 0.1) is 12.5 Å². The van der Waals surface area contributed by atoms with Crippen molar-refractivity contribution in [2.45, 2.75) is 24.5 Å². The number of hydrogen-bond acceptors (Lipinski definition) is 3. The van der Waals surface area contributed by atoms with E-state index in [4.69, 9.17) is 9.47 Å². The molecule has 1 saturated heterocycles. The average molecular weight is 282 g/mol. The highest BCUT2D eigenvalue weighted by Crippen LogP contribution is 2.42. The van der Waals surface area contributed by atoms with Crippen LogP contribution >= 0.6 is 0 Å². The van der Waals surface area contributed by atoms with Crippen LogP contribution in [0, 0.1) is 0 Å². The fourth-order valence-corrected chi connectivity index (χ4v) is 2.96. The van der Waals surface area contributed by atoms with Gasteiger partial charge in [0.2, 0.25) is 0 Å². The Kier molecular flexibility index (Phi) is 3.76. The van der Waals surface area contributed by atoms with Crippen molar-refractivity contribution in [1.82, 2.24) is 0 Å². The van der Waals surface area contributed by atoms with Gasteiger partial charge in [-0.15, -0.1) is 0 Å². The molecule has 3 heteroatoms. The van der Waals surface area contributed by atoms with Gasteiger partial charge in [-0.1, -0.05) is 60.7 Å². The largest absolute Gasteiger partial charge is 0.449 e. The molecule has 0 aliphatic carbocycles. The summed E-state index contributed by atoms with van der Waals surface area (Å²) in [7, 11) is 1.64. The second kappa shape index (κ2) is 5.70. The fourth-order valence-electron chi connectivity index (χ4n) is 2.96. The van der Waals surface area contributed by atoms with Crippen LogP contribution < -0.4 is 0 Å². The lowest BCUT2D eigenvalue weighted by atomic mass is 9.79. The molecule has 0 saturated carbocycles. The van der Waals surface area contributed by atoms with Gasteiger partial charge >= 0.3 is 5.97 Å². The Balaban J connectivity index is 2.13. The molecule has 0 unspecified atom stereocenters. The number of methoxy groups -OCH3 is 1. The van der Waals surface area contributed by atoms with Gasteiger partial charge in [0.1, 0.15) is 0 Å². The van der Waals surface area contributed by atoms with Gasteiger partial charge in [0, 0.05) is 24.7 Å². The lowest BCUT2D eigenvalue weighted by molar-refractivity contribution is -0.173. The van der Waals surface area contributed by atoms with E-state index in [2.05, 4.69) is 0 Å². The molecular formula is C18H18O3. The summed E-state index contributed by atoms with van der Waals surface area (Å²) in [6.07, 6.45) is 0.799. The van der Waals surface area contributed by atoms with Crippen molar-refractivity contribution in [3.05, 3.63) is 71.8 Å². The molecule has 108 valence electrons. The van der Waals surface area contributed by atoms with Crippen molar-refractivity contribution in [3.8, 4) is 0 Å². The average Bonchev–Trinajstić information content (AvgIpc) is 2.55. The van der Waals surface area contributed by atoms with E-state index in [1.165, 1.54) is 0 Å². The van der Waals surface area contributed by atoms with Crippen LogP contribution in [0.5, 0.6) is 0 Å². The predicted octanol–water partition coefficient (Wildman–Crippen LogP) is 3.28. The van der Waals surface area contributed by atoms with E-state index in [-0.39, 0.29) is 12.1 Å². The number of rotatable bonds is 3. The molecule has 2 aromatic rings. The summed E-state index contributed by atoms with van der Waals surface area (Å²) in [4.78, 5) is 12.1. The van der Waals surface area contributed by atoms with Crippen LogP contribution in [0.4, 0.5) is 0 Å². The maximum Gasteiger partial charge on any atom is 0.309 e. The predicted molar refractivity (Wildman–Crippen MR) is 79.8 cm³/mol. The Hall–Kier alpha value is -2.13. The van der Waals surface area contributed by atoms with Gasteiger partial charge in [0.25, 0.3) is 0 Å². The summed E-state index contributed by atoms with van der Waals surface area (Å²) in [6.45, 7) is 0. The van der Waals surface area contributed by atoms with Crippen LogP contribution in [0.3, 0.4) is 0 Å². The lowest BCUT2D eigenvalue weighted by Crippen LogP contribution is -2.43. The minimum atomic E-state index is -0.765. The van der Waals surface area contributed by atoms with E-state index < -0.39 is 5.60 Å². The second-order valence-electron chi connectivity index (χ2n) is 5.30. The van der Waals surface area contributed by atoms with Crippen molar-refractivity contribution in [2.24, 2.45) is 0 Å². The normalized spacial score (nSPS) is 20.8. The molecular weight excluding hydrogens is 264 g/mol. The van der Waals surface area contributed by atoms with Gasteiger partial charge in [-0.25, -0.2) is 0 Å². The molecule has 21 heavy (non-hydrogen) atoms. The molecule has 3 nitrogen and oxygen atoms in total. The first-order valence-electron chi connectivity index (χ1n) is 7.10. The maximum absolute atomic E-state index is 12.1. The molecule has 0 aromatic heterocycles. The number of carbonyl (C=O) groups is 1. The monoisotopic (exact) mass is 282 g/mol. The summed E-state index contributed by atoms with van der Waals surface area (Å²) in [5.74, 6) is -0.221. The smallest absolute Gasteiger partial charge is 0.309 e. The van der Waals surface area contributed by atoms with Crippen LogP contribution in [0.1, 0.15) is 24.0 Å². The summed E-state index contributed by atoms with van der Waals surface area (Å²) in [6, 6.07) is 19.8. The molecule has 1 aliphatic rings. The molecule has 3 rings (SSSR count). The Morgan fingerprint density at radius 1 is 1.00 bits per heavy atom. The molecule has 1 aliphatic heterocycles. The maximum atomic E-state index is 12.1. The second-order valence-corrected chi connectivity index (χ2v) is 5.30. The summed E-state index contributed by atoms with van der Waals surface area (Å²) in [5.41, 5.74) is 1.19. The number of esters is 1. The third-order valence-electron chi connectivity index (χ3n) is 4.01. The minimum absolute atomic E-state index is 0.133. The lowest BCUT2D eigenvalue weighted by Gasteiger charge is -2.40. The van der Waals surface area contributed by atoms with Crippen molar-refractivity contribution < 1.29 is 14.3 Å². The number of ether oxygens (including phenoxy) is 2. The molecule has 0 spiro atoms. The highest BCUT2D eigenvalue weighted by atomic mass is 16.6. The van der Waals surface area contributed by atoms with Crippen LogP contribution in [0.25, 0.3) is 0 Å². The third kappa shape index (κ3) is 2.57. The fraction of sp³-hybridized carbons (Fsp3) is 0.278. The number of benzene rings is 2. The molecule has 0 amide bonds. The number of cyclic esters (lactones) is 1. The van der Waals surface area contributed by atoms with E-state index in [1.54, 1.807) is 7.11 Å². The molecule has 0 bridgehead atoms. The Morgan fingerprint density at radius 3 is 2.00 bits per heavy atom. The molecule has 0 N–H and O–H groups in total. The minimum Gasteiger partial charge on any atom is -0.449 e. The summed E-state index contributed by atoms with van der Waals surface area (Å²) < 4.78 is 11.3. The zero-order chi connectivity index (χ0) is 14.7. The van der Waals surface area contributed by atoms with Crippen molar-refractivity contribution >= 4 is 5.97 Å². The molecule has 2 aromatic carbocycles. The first-order chi connectivity index (χ1) is 10.2. The molecule has 1 fully saturated rings. The summed E-state index contributed by atoms with van der Waals surface area (Å²) >= 11 is 0. The van der Waals surface area contributed by atoms with E-state index in [9.17, 15) is 4.79 Å². The highest BCUT2D eigenvalue weighted by Gasteiger charge is 2.44. The van der Waals surface area contributed by atoms with Crippen LogP contribution in [0.2, 0.25) is 0 Å². The summed E-state index contributed by atoms with van der Waals surface area (Å²) in [5, 5.41) is 0. The number of hydrogen-bond donors (Lipinski definition) is 0. The van der Waals surface area contributed by atoms with Crippen LogP contribution in [-0.4, -0.2) is 19.2 Å². The SMILES string of the molecule is CO[C@H]1CC(=O)OC(c2ccccc2)(c2ccccc2)C1. The van der Waals surface area contributed by atoms with Crippen LogP contribution in [0.15, 0.2) is 60.7 Å². The Morgan fingerprint density at radius 2 is 1.52 bits per heavy atom. The standard InChI is InChI=1S/C18H18O3/c1-20-16-12-17(19)21-18(13-16,14-8-4-2-5-9-14)15-10-6-3-7-11-15/h2-11,16H,12-13H2,1H3/t16-/m0/s1. The van der Waals surface area contributed by atoms with E-state index in [1.807, 2.05) is 60.7 Å². The quantitative estimate of drug-likeness (QED) is 0.810.